The summed E-state index contributed by atoms with van der Waals surface area (Å²) in [4.78, 5) is 10.5. The third-order valence-electron chi connectivity index (χ3n) is 4.19. The molecule has 0 amide bonds. The second kappa shape index (κ2) is 12.4. The minimum atomic E-state index is -0.882. The zero-order chi connectivity index (χ0) is 15.7. The van der Waals surface area contributed by atoms with Gasteiger partial charge in [-0.3, -0.25) is 0 Å². The van der Waals surface area contributed by atoms with E-state index in [4.69, 9.17) is 10.5 Å². The van der Waals surface area contributed by atoms with Gasteiger partial charge in [-0.05, 0) is 36.3 Å². The van der Waals surface area contributed by atoms with Gasteiger partial charge in [0.2, 0.25) is 0 Å². The smallest absolute Gasteiger partial charge is 0.0402 e. The summed E-state index contributed by atoms with van der Waals surface area (Å²) in [7, 11) is 0. The Morgan fingerprint density at radius 3 is 2.64 bits per heavy atom. The van der Waals surface area contributed by atoms with Gasteiger partial charge in [0.25, 0.3) is 0 Å². The number of carbonyl (C=O) groups is 1. The number of nitrogens with two attached hydrogens (primary N) is 1. The minimum absolute atomic E-state index is 0. The third kappa shape index (κ3) is 5.54. The van der Waals surface area contributed by atoms with E-state index < -0.39 is 18.2 Å². The Labute approximate surface area is 150 Å². The summed E-state index contributed by atoms with van der Waals surface area (Å²) in [6, 6.07) is 8.91. The van der Waals surface area contributed by atoms with Crippen LogP contribution in [0.5, 0.6) is 0 Å². The van der Waals surface area contributed by atoms with E-state index in [-0.39, 0.29) is 7.43 Å². The van der Waals surface area contributed by atoms with Crippen LogP contribution < -0.4 is 10.6 Å². The normalized spacial score (nSPS) is 21.1. The van der Waals surface area contributed by atoms with Crippen molar-refractivity contribution < 1.29 is 22.1 Å². The van der Waals surface area contributed by atoms with Crippen LogP contribution in [0.4, 0.5) is 8.55 Å². The topological polar surface area (TPSA) is 46.3 Å². The van der Waals surface area contributed by atoms with Crippen LogP contribution in [0.15, 0.2) is 24.3 Å². The van der Waals surface area contributed by atoms with Gasteiger partial charge >= 0.3 is 35.6 Å². The molecule has 0 bridgehead atoms. The molecule has 0 saturated heterocycles. The van der Waals surface area contributed by atoms with Crippen LogP contribution in [0.25, 0.3) is 0 Å². The Bertz CT molecular complexity index is 450. The van der Waals surface area contributed by atoms with Crippen LogP contribution in [0.1, 0.15) is 38.2 Å². The second-order valence-corrected chi connectivity index (χ2v) is 7.86. The molecule has 1 aliphatic carbocycles. The molecule has 0 radical (unpaired) electrons. The monoisotopic (exact) mass is 600 g/mol. The summed E-state index contributed by atoms with van der Waals surface area (Å²) in [6.45, 7) is 4.98. The molecule has 3 rings (SSSR count). The summed E-state index contributed by atoms with van der Waals surface area (Å²) in [5.41, 5.74) is 8.73. The molecule has 1 fully saturated rings. The van der Waals surface area contributed by atoms with E-state index in [9.17, 15) is 2.86 Å². The van der Waals surface area contributed by atoms with Gasteiger partial charge in [0, 0.05) is 25.3 Å². The molecule has 128 valence electrons. The number of rotatable bonds is 2. The van der Waals surface area contributed by atoms with Gasteiger partial charge in [-0.25, -0.2) is 0 Å². The Morgan fingerprint density at radius 1 is 1.36 bits per heavy atom. The van der Waals surface area contributed by atoms with E-state index in [2.05, 4.69) is 29.2 Å². The molecule has 3 nitrogen and oxygen atoms in total. The first-order valence-corrected chi connectivity index (χ1v) is 15.0. The standard InChI is InChI=1S/C14H20N2.CH2O.CH4.FI.Os/c15-8-9-16-10-11-4-3-6-12(11)13-5-1-2-7-14(13)16;1-2;;1-2;/h1-2,5,7,11-12H,3-4,6,8-10,15H2;1H2;1H4;;. The van der Waals surface area contributed by atoms with Crippen LogP contribution in [0.3, 0.4) is 0 Å². The number of para-hydroxylation sites is 1. The Kier molecular flexibility index (Phi) is 12.3. The van der Waals surface area contributed by atoms with E-state index in [0.29, 0.717) is 0 Å². The molecule has 1 saturated carbocycles. The second-order valence-electron chi connectivity index (χ2n) is 5.14. The molecule has 6 heteroatoms. The fourth-order valence-electron chi connectivity index (χ4n) is 3.50. The van der Waals surface area contributed by atoms with Crippen molar-refractivity contribution in [3.63, 3.8) is 0 Å². The molecule has 1 heterocycles. The molecule has 1 aliphatic heterocycles. The predicted octanol–water partition coefficient (Wildman–Crippen LogP) is 4.10. The van der Waals surface area contributed by atoms with Gasteiger partial charge in [0.1, 0.15) is 6.79 Å². The van der Waals surface area contributed by atoms with Crippen LogP contribution in [0.2, 0.25) is 0 Å². The number of fused-ring (bicyclic) bond motifs is 3. The molecular formula is C16H26FIN2OOs. The summed E-state index contributed by atoms with van der Waals surface area (Å²) in [5, 5.41) is 0. The van der Waals surface area contributed by atoms with Crippen molar-refractivity contribution >= 4 is 30.7 Å². The molecular weight excluding hydrogens is 572 g/mol. The Balaban J connectivity index is 0.000000663. The fraction of sp³-hybridized carbons (Fsp3) is 0.562. The quantitative estimate of drug-likeness (QED) is 0.522. The molecule has 1 aromatic rings. The van der Waals surface area contributed by atoms with E-state index in [1.165, 1.54) is 45.9 Å². The average molecular weight is 599 g/mol. The Hall–Kier alpha value is -0.0536. The molecule has 2 aliphatic rings. The minimum Gasteiger partial charge on any atom is -0.370 e. The van der Waals surface area contributed by atoms with Crippen LogP contribution >= 0.6 is 18.2 Å². The zero-order valence-corrected chi connectivity index (χ0v) is 16.7. The fourth-order valence-corrected chi connectivity index (χ4v) is 3.50. The van der Waals surface area contributed by atoms with Crippen molar-refractivity contribution in [1.29, 1.82) is 0 Å². The number of nitrogens with zero attached hydrogens (tertiary/aromatic N) is 1. The molecule has 1 aromatic carbocycles. The zero-order valence-electron chi connectivity index (χ0n) is 12.0. The summed E-state index contributed by atoms with van der Waals surface area (Å²) < 4.78 is 10.4. The van der Waals surface area contributed by atoms with Gasteiger partial charge in [-0.1, -0.05) is 32.0 Å². The van der Waals surface area contributed by atoms with Gasteiger partial charge in [0.15, 0.2) is 0 Å². The van der Waals surface area contributed by atoms with Crippen molar-refractivity contribution in [3.8, 4) is 0 Å². The SMILES string of the molecule is C.C=O.F[I]=[Os].NCCN1CC2CCCC2c2ccccc21. The van der Waals surface area contributed by atoms with Gasteiger partial charge < -0.3 is 15.4 Å². The van der Waals surface area contributed by atoms with Gasteiger partial charge in [-0.2, -0.15) is 0 Å². The largest absolute Gasteiger partial charge is 0.370 e. The number of anilines is 1. The van der Waals surface area contributed by atoms with E-state index in [1.54, 1.807) is 5.56 Å². The van der Waals surface area contributed by atoms with Gasteiger partial charge in [-0.15, -0.1) is 0 Å². The average Bonchev–Trinajstić information content (AvgIpc) is 2.99. The summed E-state index contributed by atoms with van der Waals surface area (Å²) in [5.74, 6) is 1.70. The maximum atomic E-state index is 10.4. The molecule has 22 heavy (non-hydrogen) atoms. The van der Waals surface area contributed by atoms with Crippen molar-refractivity contribution in [3.05, 3.63) is 29.8 Å². The summed E-state index contributed by atoms with van der Waals surface area (Å²) >= 11 is 0.535. The Morgan fingerprint density at radius 2 is 2.00 bits per heavy atom. The van der Waals surface area contributed by atoms with Crippen LogP contribution in [-0.2, 0) is 19.2 Å². The first-order chi connectivity index (χ1) is 10.3. The van der Waals surface area contributed by atoms with Crippen molar-refractivity contribution in [2.45, 2.75) is 32.6 Å². The van der Waals surface area contributed by atoms with Gasteiger partial charge in [0.05, 0.1) is 0 Å². The van der Waals surface area contributed by atoms with Crippen molar-refractivity contribution in [2.24, 2.45) is 11.7 Å². The summed E-state index contributed by atoms with van der Waals surface area (Å²) in [6.07, 6.45) is 4.19. The maximum Gasteiger partial charge on any atom is 0.0402 e. The van der Waals surface area contributed by atoms with Crippen LogP contribution in [0, 0.1) is 5.92 Å². The van der Waals surface area contributed by atoms with E-state index >= 15 is 0 Å². The van der Waals surface area contributed by atoms with E-state index in [1.807, 2.05) is 6.79 Å². The first-order valence-electron chi connectivity index (χ1n) is 7.00. The maximum absolute atomic E-state index is 10.4. The number of hydrogen-bond donors (Lipinski definition) is 1. The molecule has 0 spiro atoms. The predicted molar refractivity (Wildman–Crippen MR) is 96.8 cm³/mol. The van der Waals surface area contributed by atoms with Crippen LogP contribution in [-0.4, -0.2) is 26.4 Å². The first kappa shape index (κ1) is 21.9. The molecule has 2 N–H and O–H groups in total. The number of halogens is 2. The van der Waals surface area contributed by atoms with Crippen molar-refractivity contribution in [2.75, 3.05) is 24.5 Å². The third-order valence-corrected chi connectivity index (χ3v) is 4.19. The molecule has 0 aromatic heterocycles. The van der Waals surface area contributed by atoms with Crippen molar-refractivity contribution in [1.82, 2.24) is 0 Å². The number of carbonyl (C=O) groups excluding carboxylic acids is 1. The number of benzene rings is 1. The molecule has 2 unspecified atom stereocenters. The number of hydrogen-bond acceptors (Lipinski definition) is 3. The van der Waals surface area contributed by atoms with E-state index in [0.717, 1.165) is 24.9 Å². The molecule has 2 atom stereocenters.